The molecule has 1 aliphatic heterocycles. The molecule has 0 unspecified atom stereocenters. The average molecular weight is 541 g/mol. The van der Waals surface area contributed by atoms with Gasteiger partial charge in [-0.2, -0.15) is 0 Å². The van der Waals surface area contributed by atoms with Gasteiger partial charge in [-0.1, -0.05) is 35.1 Å². The van der Waals surface area contributed by atoms with Crippen LogP contribution >= 0.6 is 22.9 Å². The molecule has 7 nitrogen and oxygen atoms in total. The van der Waals surface area contributed by atoms with E-state index in [0.717, 1.165) is 0 Å². The molecule has 0 aliphatic carbocycles. The summed E-state index contributed by atoms with van der Waals surface area (Å²) in [5.74, 6) is 0.716. The summed E-state index contributed by atoms with van der Waals surface area (Å²) in [6.45, 7) is 9.19. The van der Waals surface area contributed by atoms with Gasteiger partial charge in [-0.05, 0) is 76.6 Å². The van der Waals surface area contributed by atoms with Crippen molar-refractivity contribution in [3.8, 4) is 11.5 Å². The minimum atomic E-state index is -0.731. The summed E-state index contributed by atoms with van der Waals surface area (Å²) in [7, 11) is 1.57. The van der Waals surface area contributed by atoms with E-state index in [2.05, 4.69) is 4.99 Å². The van der Waals surface area contributed by atoms with E-state index in [1.54, 1.807) is 56.7 Å². The lowest BCUT2D eigenvalue weighted by atomic mass is 9.95. The Balaban J connectivity index is 1.96. The Hall–Kier alpha value is -3.36. The van der Waals surface area contributed by atoms with Crippen LogP contribution < -0.4 is 24.4 Å². The molecule has 194 valence electrons. The van der Waals surface area contributed by atoms with Gasteiger partial charge in [-0.25, -0.2) is 9.79 Å². The predicted octanol–water partition coefficient (Wildman–Crippen LogP) is 4.64. The highest BCUT2D eigenvalue weighted by atomic mass is 35.5. The molecule has 9 heteroatoms. The zero-order valence-corrected chi connectivity index (χ0v) is 23.1. The molecule has 0 N–H and O–H groups in total. The van der Waals surface area contributed by atoms with E-state index in [1.165, 1.54) is 11.3 Å². The molecule has 0 saturated heterocycles. The maximum atomic E-state index is 13.9. The Morgan fingerprint density at radius 2 is 1.89 bits per heavy atom. The second kappa shape index (κ2) is 10.9. The number of esters is 1. The molecular formula is C28H29ClN2O5S. The lowest BCUT2D eigenvalue weighted by Gasteiger charge is -2.25. The van der Waals surface area contributed by atoms with Crippen molar-refractivity contribution in [2.75, 3.05) is 7.11 Å². The second-order valence-electron chi connectivity index (χ2n) is 9.16. The molecule has 0 fully saturated rings. The zero-order chi connectivity index (χ0) is 26.9. The fourth-order valence-electron chi connectivity index (χ4n) is 4.12. The number of rotatable bonds is 7. The van der Waals surface area contributed by atoms with Crippen LogP contribution in [-0.2, 0) is 9.53 Å². The van der Waals surface area contributed by atoms with Gasteiger partial charge < -0.3 is 14.2 Å². The summed E-state index contributed by atoms with van der Waals surface area (Å²) in [5.41, 5.74) is 1.92. The average Bonchev–Trinajstić information content (AvgIpc) is 3.13. The number of hydrogen-bond acceptors (Lipinski definition) is 7. The Labute approximate surface area is 224 Å². The van der Waals surface area contributed by atoms with Gasteiger partial charge in [0.05, 0.1) is 41.2 Å². The van der Waals surface area contributed by atoms with Crippen LogP contribution in [0.1, 0.15) is 51.8 Å². The van der Waals surface area contributed by atoms with Crippen molar-refractivity contribution in [2.24, 2.45) is 4.99 Å². The number of aromatic nitrogens is 1. The van der Waals surface area contributed by atoms with Crippen molar-refractivity contribution >= 4 is 35.0 Å². The molecule has 0 spiro atoms. The van der Waals surface area contributed by atoms with Crippen LogP contribution in [0.2, 0.25) is 5.02 Å². The Morgan fingerprint density at radius 3 is 2.57 bits per heavy atom. The van der Waals surface area contributed by atoms with Crippen molar-refractivity contribution in [2.45, 2.75) is 52.9 Å². The number of ether oxygens (including phenoxy) is 3. The molecule has 0 radical (unpaired) electrons. The predicted molar refractivity (Wildman–Crippen MR) is 145 cm³/mol. The van der Waals surface area contributed by atoms with Crippen molar-refractivity contribution in [3.05, 3.63) is 89.6 Å². The SMILES string of the molecule is COc1cccc([C@H]2C(C(=O)OC(C)C)=C(C)N=c3s/c(=C\c4cc(Cl)ccc4OC(C)C)c(=O)n32)c1. The number of carbonyl (C=O) groups excluding carboxylic acids is 1. The number of benzene rings is 2. The lowest BCUT2D eigenvalue weighted by molar-refractivity contribution is -0.143. The molecule has 1 aromatic heterocycles. The molecule has 4 rings (SSSR count). The van der Waals surface area contributed by atoms with Gasteiger partial charge in [0.1, 0.15) is 11.5 Å². The minimum Gasteiger partial charge on any atom is -0.497 e. The van der Waals surface area contributed by atoms with E-state index in [0.29, 0.717) is 48.3 Å². The molecule has 2 aromatic carbocycles. The third-order valence-electron chi connectivity index (χ3n) is 5.61. The zero-order valence-electron chi connectivity index (χ0n) is 21.6. The summed E-state index contributed by atoms with van der Waals surface area (Å²) < 4.78 is 18.9. The quantitative estimate of drug-likeness (QED) is 0.408. The molecule has 2 heterocycles. The summed E-state index contributed by atoms with van der Waals surface area (Å²) in [4.78, 5) is 32.2. The highest BCUT2D eigenvalue weighted by molar-refractivity contribution is 7.07. The molecule has 1 atom stereocenters. The van der Waals surface area contributed by atoms with Gasteiger partial charge in [-0.3, -0.25) is 9.36 Å². The van der Waals surface area contributed by atoms with Crippen LogP contribution in [0.4, 0.5) is 0 Å². The number of allylic oxidation sites excluding steroid dienone is 1. The van der Waals surface area contributed by atoms with Crippen molar-refractivity contribution < 1.29 is 19.0 Å². The third-order valence-corrected chi connectivity index (χ3v) is 6.83. The van der Waals surface area contributed by atoms with Gasteiger partial charge >= 0.3 is 5.97 Å². The van der Waals surface area contributed by atoms with Crippen LogP contribution in [0, 0.1) is 0 Å². The Morgan fingerprint density at radius 1 is 1.14 bits per heavy atom. The monoisotopic (exact) mass is 540 g/mol. The van der Waals surface area contributed by atoms with E-state index in [-0.39, 0.29) is 17.8 Å². The number of nitrogens with zero attached hydrogens (tertiary/aromatic N) is 2. The van der Waals surface area contributed by atoms with Gasteiger partial charge in [0.25, 0.3) is 5.56 Å². The topological polar surface area (TPSA) is 79.1 Å². The van der Waals surface area contributed by atoms with Crippen molar-refractivity contribution in [3.63, 3.8) is 0 Å². The maximum absolute atomic E-state index is 13.9. The normalized spacial score (nSPS) is 15.6. The minimum absolute atomic E-state index is 0.0558. The Bertz CT molecular complexity index is 1550. The fraction of sp³-hybridized carbons (Fsp3) is 0.321. The first-order valence-corrected chi connectivity index (χ1v) is 13.1. The van der Waals surface area contributed by atoms with Crippen molar-refractivity contribution in [1.29, 1.82) is 0 Å². The number of hydrogen-bond donors (Lipinski definition) is 0. The molecule has 0 saturated carbocycles. The number of methoxy groups -OCH3 is 1. The van der Waals surface area contributed by atoms with E-state index in [9.17, 15) is 9.59 Å². The molecule has 3 aromatic rings. The third kappa shape index (κ3) is 5.65. The molecule has 0 amide bonds. The summed E-state index contributed by atoms with van der Waals surface area (Å²) in [6, 6.07) is 11.9. The summed E-state index contributed by atoms with van der Waals surface area (Å²) >= 11 is 7.50. The number of halogens is 1. The van der Waals surface area contributed by atoms with E-state index in [4.69, 9.17) is 25.8 Å². The molecular weight excluding hydrogens is 512 g/mol. The van der Waals surface area contributed by atoms with Crippen LogP contribution in [0.5, 0.6) is 11.5 Å². The summed E-state index contributed by atoms with van der Waals surface area (Å²) in [6.07, 6.45) is 1.37. The first-order chi connectivity index (χ1) is 17.6. The number of carbonyl (C=O) groups is 1. The van der Waals surface area contributed by atoms with Crippen molar-refractivity contribution in [1.82, 2.24) is 4.57 Å². The highest BCUT2D eigenvalue weighted by Crippen LogP contribution is 2.32. The van der Waals surface area contributed by atoms with Crippen LogP contribution in [0.15, 0.2) is 63.5 Å². The van der Waals surface area contributed by atoms with Crippen LogP contribution in [-0.4, -0.2) is 29.9 Å². The number of fused-ring (bicyclic) bond motifs is 1. The Kier molecular flexibility index (Phi) is 7.90. The smallest absolute Gasteiger partial charge is 0.338 e. The lowest BCUT2D eigenvalue weighted by Crippen LogP contribution is -2.40. The number of thiazole rings is 1. The van der Waals surface area contributed by atoms with E-state index >= 15 is 0 Å². The van der Waals surface area contributed by atoms with Gasteiger partial charge in [0, 0.05) is 10.6 Å². The van der Waals surface area contributed by atoms with Crippen LogP contribution in [0.25, 0.3) is 6.08 Å². The fourth-order valence-corrected chi connectivity index (χ4v) is 5.34. The first-order valence-electron chi connectivity index (χ1n) is 11.9. The largest absolute Gasteiger partial charge is 0.497 e. The highest BCUT2D eigenvalue weighted by Gasteiger charge is 2.34. The van der Waals surface area contributed by atoms with Gasteiger partial charge in [0.15, 0.2) is 4.80 Å². The molecule has 1 aliphatic rings. The standard InChI is InChI=1S/C28H29ClN2O5S/c1-15(2)35-22-11-10-20(29)12-19(22)14-23-26(32)31-25(18-8-7-9-21(13-18)34-6)24(27(33)36-16(3)4)17(5)30-28(31)37-23/h7-16,25H,1-6H3/b23-14-/t25-/m0/s1. The van der Waals surface area contributed by atoms with Gasteiger partial charge in [-0.15, -0.1) is 0 Å². The second-order valence-corrected chi connectivity index (χ2v) is 10.6. The van der Waals surface area contributed by atoms with E-state index in [1.807, 2.05) is 38.1 Å². The summed E-state index contributed by atoms with van der Waals surface area (Å²) in [5, 5.41) is 0.527. The van der Waals surface area contributed by atoms with Gasteiger partial charge in [0.2, 0.25) is 0 Å². The maximum Gasteiger partial charge on any atom is 0.338 e. The molecule has 37 heavy (non-hydrogen) atoms. The molecule has 0 bridgehead atoms. The van der Waals surface area contributed by atoms with E-state index < -0.39 is 12.0 Å². The first kappa shape index (κ1) is 26.7. The van der Waals surface area contributed by atoms with Crippen LogP contribution in [0.3, 0.4) is 0 Å².